The Morgan fingerprint density at radius 3 is 1.98 bits per heavy atom. The van der Waals surface area contributed by atoms with E-state index in [9.17, 15) is 33.1 Å². The number of nitrogens with two attached hydrogens (primary N) is 1. The fourth-order valence-electron chi connectivity index (χ4n) is 7.04. The van der Waals surface area contributed by atoms with Crippen molar-refractivity contribution >= 4 is 23.6 Å². The Morgan fingerprint density at radius 1 is 0.848 bits per heavy atom. The van der Waals surface area contributed by atoms with Crippen molar-refractivity contribution < 1.29 is 33.1 Å². The molecule has 2 rings (SSSR count). The van der Waals surface area contributed by atoms with Crippen molar-refractivity contribution in [3.05, 3.63) is 0 Å². The minimum Gasteiger partial charge on any atom is -0.390 e. The van der Waals surface area contributed by atoms with Gasteiger partial charge in [0.1, 0.15) is 12.3 Å². The van der Waals surface area contributed by atoms with E-state index in [0.717, 1.165) is 25.7 Å². The summed E-state index contributed by atoms with van der Waals surface area (Å²) in [6.07, 6.45) is 0.763. The largest absolute Gasteiger partial charge is 0.390 e. The molecule has 12 heteroatoms. The van der Waals surface area contributed by atoms with Crippen LogP contribution in [0.4, 0.5) is 8.78 Å². The van der Waals surface area contributed by atoms with Crippen molar-refractivity contribution in [2.45, 2.75) is 136 Å². The van der Waals surface area contributed by atoms with E-state index in [1.807, 2.05) is 34.6 Å². The number of aliphatic hydroxyl groups is 1. The molecule has 2 aliphatic rings. The average molecular weight is 658 g/mol. The van der Waals surface area contributed by atoms with Crippen LogP contribution in [0.15, 0.2) is 0 Å². The molecule has 2 aliphatic carbocycles. The first-order valence-electron chi connectivity index (χ1n) is 17.7. The maximum absolute atomic E-state index is 14.4. The average Bonchev–Trinajstić information content (AvgIpc) is 2.97. The number of halogens is 2. The van der Waals surface area contributed by atoms with Crippen LogP contribution in [0.2, 0.25) is 0 Å². The van der Waals surface area contributed by atoms with Gasteiger partial charge in [-0.3, -0.25) is 24.6 Å². The summed E-state index contributed by atoms with van der Waals surface area (Å²) in [5.41, 5.74) is 8.58. The van der Waals surface area contributed by atoms with Crippen LogP contribution < -0.4 is 16.5 Å². The highest BCUT2D eigenvalue weighted by atomic mass is 19.1. The van der Waals surface area contributed by atoms with Gasteiger partial charge in [-0.2, -0.15) is 0 Å². The van der Waals surface area contributed by atoms with E-state index in [4.69, 9.17) is 5.73 Å². The zero-order valence-corrected chi connectivity index (χ0v) is 28.8. The van der Waals surface area contributed by atoms with Gasteiger partial charge in [0.2, 0.25) is 23.6 Å². The number of carbonyl (C=O) groups is 4. The van der Waals surface area contributed by atoms with Gasteiger partial charge in [-0.05, 0) is 69.6 Å². The van der Waals surface area contributed by atoms with Crippen LogP contribution in [0.1, 0.15) is 112 Å². The maximum Gasteiger partial charge on any atom is 0.234 e. The molecule has 0 aliphatic heterocycles. The Kier molecular flexibility index (Phi) is 17.4. The van der Waals surface area contributed by atoms with Gasteiger partial charge < -0.3 is 21.1 Å². The van der Waals surface area contributed by atoms with Crippen LogP contribution >= 0.6 is 0 Å². The molecule has 2 saturated carbocycles. The minimum atomic E-state index is -1.30. The van der Waals surface area contributed by atoms with Gasteiger partial charge in [0, 0.05) is 56.8 Å². The number of primary amides is 1. The summed E-state index contributed by atoms with van der Waals surface area (Å²) in [5, 5.41) is 16.1. The number of hydrogen-bond donors (Lipinski definition) is 4. The first-order valence-corrected chi connectivity index (χ1v) is 17.7. The summed E-state index contributed by atoms with van der Waals surface area (Å²) in [6.45, 7) is 11.6. The SMILES string of the molecule is CCCCN(CC(O)C(CC1CC(F)CC(F)C1)NC(=O)C1CC(C(N)=O)CC(C(=O)N(CCC)CCC)C1)NC(=O)CC(C)C. The first-order chi connectivity index (χ1) is 21.8. The van der Waals surface area contributed by atoms with E-state index in [-0.39, 0.29) is 69.2 Å². The topological polar surface area (TPSA) is 145 Å². The molecule has 0 bridgehead atoms. The Hall–Kier alpha value is -2.34. The first kappa shape index (κ1) is 39.8. The number of nitrogens with zero attached hydrogens (tertiary/aromatic N) is 2. The summed E-state index contributed by atoms with van der Waals surface area (Å²) in [7, 11) is 0. The van der Waals surface area contributed by atoms with Gasteiger partial charge in [-0.25, -0.2) is 13.8 Å². The quantitative estimate of drug-likeness (QED) is 0.154. The molecule has 0 spiro atoms. The van der Waals surface area contributed by atoms with Gasteiger partial charge in [0.15, 0.2) is 0 Å². The molecule has 266 valence electrons. The Labute approximate surface area is 274 Å². The van der Waals surface area contributed by atoms with E-state index in [1.165, 1.54) is 0 Å². The van der Waals surface area contributed by atoms with Crippen LogP contribution in [-0.4, -0.2) is 89.3 Å². The standard InChI is InChI=1S/C34H61F2N5O5/c1-6-9-12-41(39-31(43)13-22(4)5)21-30(42)29(16-23-14-27(35)20-28(36)15-23)38-33(45)25-17-24(32(37)44)18-26(19-25)34(46)40(10-7-2)11-8-3/h22-30,42H,6-21H2,1-5H3,(H2,37,44)(H,38,45)(H,39,43). The summed E-state index contributed by atoms with van der Waals surface area (Å²) in [6, 6.07) is -0.860. The van der Waals surface area contributed by atoms with Crippen molar-refractivity contribution in [3.8, 4) is 0 Å². The van der Waals surface area contributed by atoms with Crippen molar-refractivity contribution in [1.29, 1.82) is 0 Å². The number of aliphatic hydroxyl groups excluding tert-OH is 1. The molecule has 0 aromatic heterocycles. The van der Waals surface area contributed by atoms with E-state index in [2.05, 4.69) is 10.7 Å². The molecule has 0 heterocycles. The van der Waals surface area contributed by atoms with Crippen molar-refractivity contribution in [1.82, 2.24) is 20.7 Å². The summed E-state index contributed by atoms with van der Waals surface area (Å²) in [4.78, 5) is 54.1. The lowest BCUT2D eigenvalue weighted by Crippen LogP contribution is -2.55. The van der Waals surface area contributed by atoms with Gasteiger partial charge >= 0.3 is 0 Å². The van der Waals surface area contributed by atoms with Gasteiger partial charge in [0.25, 0.3) is 0 Å². The number of nitrogens with one attached hydrogen (secondary N) is 2. The second-order valence-corrected chi connectivity index (χ2v) is 14.1. The van der Waals surface area contributed by atoms with Gasteiger partial charge in [0.05, 0.1) is 12.1 Å². The molecule has 7 atom stereocenters. The van der Waals surface area contributed by atoms with Crippen molar-refractivity contribution in [2.75, 3.05) is 26.2 Å². The lowest BCUT2D eigenvalue weighted by Gasteiger charge is -2.37. The highest BCUT2D eigenvalue weighted by Gasteiger charge is 2.41. The number of hydrazine groups is 1. The zero-order chi connectivity index (χ0) is 34.4. The molecule has 0 saturated heterocycles. The van der Waals surface area contributed by atoms with E-state index < -0.39 is 60.0 Å². The van der Waals surface area contributed by atoms with Crippen LogP contribution in [0, 0.1) is 29.6 Å². The van der Waals surface area contributed by atoms with Crippen LogP contribution in [0.25, 0.3) is 0 Å². The third-order valence-electron chi connectivity index (χ3n) is 9.26. The number of alkyl halides is 2. The Balaban J connectivity index is 2.28. The number of rotatable bonds is 19. The fourth-order valence-corrected chi connectivity index (χ4v) is 7.04. The van der Waals surface area contributed by atoms with Crippen molar-refractivity contribution in [2.24, 2.45) is 35.3 Å². The second-order valence-electron chi connectivity index (χ2n) is 14.1. The Morgan fingerprint density at radius 2 is 1.43 bits per heavy atom. The molecule has 10 nitrogen and oxygen atoms in total. The smallest absolute Gasteiger partial charge is 0.234 e. The zero-order valence-electron chi connectivity index (χ0n) is 28.8. The molecule has 0 radical (unpaired) electrons. The molecule has 46 heavy (non-hydrogen) atoms. The van der Waals surface area contributed by atoms with Crippen LogP contribution in [-0.2, 0) is 19.2 Å². The maximum atomic E-state index is 14.4. The van der Waals surface area contributed by atoms with Gasteiger partial charge in [-0.1, -0.05) is 41.0 Å². The predicted molar refractivity (Wildman–Crippen MR) is 174 cm³/mol. The third kappa shape index (κ3) is 13.4. The summed E-state index contributed by atoms with van der Waals surface area (Å²) in [5.74, 6) is -3.37. The lowest BCUT2D eigenvalue weighted by molar-refractivity contribution is -0.141. The second kappa shape index (κ2) is 20.1. The van der Waals surface area contributed by atoms with E-state index in [0.29, 0.717) is 26.1 Å². The normalized spacial score (nSPS) is 26.4. The van der Waals surface area contributed by atoms with Crippen LogP contribution in [0.5, 0.6) is 0 Å². The molecule has 7 unspecified atom stereocenters. The molecular weight excluding hydrogens is 596 g/mol. The highest BCUT2D eigenvalue weighted by Crippen LogP contribution is 2.36. The number of unbranched alkanes of at least 4 members (excludes halogenated alkanes) is 1. The third-order valence-corrected chi connectivity index (χ3v) is 9.26. The molecule has 4 amide bonds. The summed E-state index contributed by atoms with van der Waals surface area (Å²) >= 11 is 0. The molecule has 5 N–H and O–H groups in total. The van der Waals surface area contributed by atoms with Gasteiger partial charge in [-0.15, -0.1) is 0 Å². The lowest BCUT2D eigenvalue weighted by atomic mass is 9.73. The molecule has 0 aromatic rings. The van der Waals surface area contributed by atoms with E-state index in [1.54, 1.807) is 9.91 Å². The molecule has 0 aromatic carbocycles. The molecular formula is C34H61F2N5O5. The fraction of sp³-hybridized carbons (Fsp3) is 0.882. The number of hydrogen-bond acceptors (Lipinski definition) is 6. The van der Waals surface area contributed by atoms with Crippen molar-refractivity contribution in [3.63, 3.8) is 0 Å². The van der Waals surface area contributed by atoms with E-state index >= 15 is 0 Å². The molecule has 2 fully saturated rings. The predicted octanol–water partition coefficient (Wildman–Crippen LogP) is 4.04. The van der Waals surface area contributed by atoms with Crippen LogP contribution in [0.3, 0.4) is 0 Å². The number of carbonyl (C=O) groups excluding carboxylic acids is 4. The monoisotopic (exact) mass is 657 g/mol. The minimum absolute atomic E-state index is 0.0122. The summed E-state index contributed by atoms with van der Waals surface area (Å²) < 4.78 is 28.7. The highest BCUT2D eigenvalue weighted by molar-refractivity contribution is 5.85. The Bertz CT molecular complexity index is 956. The number of amides is 4.